The van der Waals surface area contributed by atoms with Crippen molar-refractivity contribution in [2.75, 3.05) is 18.0 Å². The smallest absolute Gasteiger partial charge is 0.414 e. The first-order valence-corrected chi connectivity index (χ1v) is 11.3. The molecule has 2 amide bonds. The molecule has 2 aromatic rings. The molecular weight excluding hydrogens is 432 g/mol. The van der Waals surface area contributed by atoms with Crippen LogP contribution in [0.3, 0.4) is 0 Å². The van der Waals surface area contributed by atoms with Crippen molar-refractivity contribution < 1.29 is 24.2 Å². The van der Waals surface area contributed by atoms with E-state index in [0.717, 1.165) is 45.5 Å². The van der Waals surface area contributed by atoms with E-state index in [9.17, 15) is 14.4 Å². The van der Waals surface area contributed by atoms with Gasteiger partial charge in [0.1, 0.15) is 12.1 Å². The number of carbonyl (C=O) groups excluding carboxylic acids is 2. The molecule has 0 spiro atoms. The van der Waals surface area contributed by atoms with Gasteiger partial charge in [0.2, 0.25) is 5.91 Å². The van der Waals surface area contributed by atoms with Gasteiger partial charge in [0.25, 0.3) is 0 Å². The molecule has 7 nitrogen and oxygen atoms in total. The SMILES string of the molecule is C/C(=C\c1cc(C)c(-c2ccc3c(c2)CCN3C(=O)OC(C)(C)C)cc1C)C(=O)NCC(=O)O. The highest BCUT2D eigenvalue weighted by Gasteiger charge is 2.29. The maximum absolute atomic E-state index is 12.6. The molecular formula is C27H32N2O5. The molecule has 1 heterocycles. The summed E-state index contributed by atoms with van der Waals surface area (Å²) in [7, 11) is 0. The molecule has 2 N–H and O–H groups in total. The van der Waals surface area contributed by atoms with E-state index in [1.807, 2.05) is 52.8 Å². The van der Waals surface area contributed by atoms with E-state index < -0.39 is 24.0 Å². The molecule has 180 valence electrons. The molecule has 0 saturated carbocycles. The number of fused-ring (bicyclic) bond motifs is 1. The van der Waals surface area contributed by atoms with E-state index in [1.165, 1.54) is 0 Å². The number of benzene rings is 2. The van der Waals surface area contributed by atoms with Crippen LogP contribution in [-0.4, -0.2) is 41.8 Å². The summed E-state index contributed by atoms with van der Waals surface area (Å²) in [5, 5.41) is 11.1. The number of anilines is 1. The van der Waals surface area contributed by atoms with Crippen molar-refractivity contribution in [1.82, 2.24) is 5.32 Å². The quantitative estimate of drug-likeness (QED) is 0.616. The highest BCUT2D eigenvalue weighted by atomic mass is 16.6. The van der Waals surface area contributed by atoms with Crippen LogP contribution in [0.1, 0.15) is 49.9 Å². The van der Waals surface area contributed by atoms with Gasteiger partial charge in [-0.25, -0.2) is 4.79 Å². The van der Waals surface area contributed by atoms with Gasteiger partial charge in [0, 0.05) is 12.1 Å². The summed E-state index contributed by atoms with van der Waals surface area (Å²) < 4.78 is 5.54. The number of amides is 2. The molecule has 0 aromatic heterocycles. The summed E-state index contributed by atoms with van der Waals surface area (Å²) >= 11 is 0. The Bertz CT molecular complexity index is 1170. The van der Waals surface area contributed by atoms with Gasteiger partial charge in [-0.15, -0.1) is 0 Å². The number of ether oxygens (including phenoxy) is 1. The van der Waals surface area contributed by atoms with Crippen LogP contribution in [0.4, 0.5) is 10.5 Å². The zero-order valence-corrected chi connectivity index (χ0v) is 20.6. The largest absolute Gasteiger partial charge is 0.480 e. The Morgan fingerprint density at radius 3 is 2.47 bits per heavy atom. The fourth-order valence-corrected chi connectivity index (χ4v) is 3.98. The summed E-state index contributed by atoms with van der Waals surface area (Å²) in [6.07, 6.45) is 2.21. The number of hydrogen-bond donors (Lipinski definition) is 2. The number of carboxylic acid groups (broad SMARTS) is 1. The van der Waals surface area contributed by atoms with Crippen molar-refractivity contribution in [3.05, 3.63) is 58.2 Å². The zero-order valence-electron chi connectivity index (χ0n) is 20.6. The number of carboxylic acids is 1. The fourth-order valence-electron chi connectivity index (χ4n) is 3.98. The van der Waals surface area contributed by atoms with Gasteiger partial charge in [0.05, 0.1) is 5.69 Å². The normalized spacial score (nSPS) is 13.5. The molecule has 7 heteroatoms. The Morgan fingerprint density at radius 2 is 1.82 bits per heavy atom. The third-order valence-electron chi connectivity index (χ3n) is 5.64. The summed E-state index contributed by atoms with van der Waals surface area (Å²) in [6.45, 7) is 11.4. The number of nitrogens with one attached hydrogen (secondary N) is 1. The van der Waals surface area contributed by atoms with Crippen molar-refractivity contribution in [2.45, 2.75) is 53.6 Å². The van der Waals surface area contributed by atoms with Crippen LogP contribution in [0.5, 0.6) is 0 Å². The summed E-state index contributed by atoms with van der Waals surface area (Å²) in [6, 6.07) is 10.2. The van der Waals surface area contributed by atoms with Crippen molar-refractivity contribution in [3.63, 3.8) is 0 Å². The summed E-state index contributed by atoms with van der Waals surface area (Å²) in [5.41, 5.74) is 7.00. The van der Waals surface area contributed by atoms with Crippen molar-refractivity contribution in [3.8, 4) is 11.1 Å². The van der Waals surface area contributed by atoms with E-state index in [-0.39, 0.29) is 6.09 Å². The Morgan fingerprint density at radius 1 is 1.12 bits per heavy atom. The molecule has 34 heavy (non-hydrogen) atoms. The van der Waals surface area contributed by atoms with Crippen LogP contribution in [0, 0.1) is 13.8 Å². The van der Waals surface area contributed by atoms with E-state index >= 15 is 0 Å². The van der Waals surface area contributed by atoms with Crippen LogP contribution in [0.2, 0.25) is 0 Å². The van der Waals surface area contributed by atoms with E-state index in [0.29, 0.717) is 12.1 Å². The van der Waals surface area contributed by atoms with Gasteiger partial charge < -0.3 is 15.2 Å². The maximum Gasteiger partial charge on any atom is 0.414 e. The molecule has 0 aliphatic carbocycles. The Balaban J connectivity index is 1.85. The molecule has 0 fully saturated rings. The molecule has 2 aromatic carbocycles. The zero-order chi connectivity index (χ0) is 25.2. The lowest BCUT2D eigenvalue weighted by Gasteiger charge is -2.24. The Labute approximate surface area is 200 Å². The summed E-state index contributed by atoms with van der Waals surface area (Å²) in [5.74, 6) is -1.49. The molecule has 1 aliphatic heterocycles. The third kappa shape index (κ3) is 5.84. The first-order chi connectivity index (χ1) is 15.9. The average molecular weight is 465 g/mol. The second kappa shape index (κ2) is 9.71. The van der Waals surface area contributed by atoms with Crippen LogP contribution in [0.15, 0.2) is 35.9 Å². The van der Waals surface area contributed by atoms with Gasteiger partial charge in [0.15, 0.2) is 0 Å². The minimum Gasteiger partial charge on any atom is -0.480 e. The second-order valence-corrected chi connectivity index (χ2v) is 9.65. The van der Waals surface area contributed by atoms with Gasteiger partial charge >= 0.3 is 12.1 Å². The maximum atomic E-state index is 12.6. The molecule has 0 radical (unpaired) electrons. The van der Waals surface area contributed by atoms with Crippen LogP contribution in [-0.2, 0) is 20.7 Å². The van der Waals surface area contributed by atoms with E-state index in [1.54, 1.807) is 17.9 Å². The minimum absolute atomic E-state index is 0.329. The van der Waals surface area contributed by atoms with Crippen molar-refractivity contribution >= 4 is 29.7 Å². The molecule has 0 atom stereocenters. The van der Waals surface area contributed by atoms with Gasteiger partial charge in [-0.05, 0) is 99.6 Å². The van der Waals surface area contributed by atoms with Gasteiger partial charge in [-0.2, -0.15) is 0 Å². The molecule has 0 saturated heterocycles. The standard InChI is InChI=1S/C27H32N2O5/c1-16-13-22(17(2)11-21(16)12-18(3)25(32)28-15-24(30)31)19-7-8-23-20(14-19)9-10-29(23)26(33)34-27(4,5)6/h7-8,11-14H,9-10,15H2,1-6H3,(H,28,32)(H,30,31)/b18-12+. The minimum atomic E-state index is -1.08. The lowest BCUT2D eigenvalue weighted by molar-refractivity contribution is -0.137. The first kappa shape index (κ1) is 25.0. The number of nitrogens with zero attached hydrogens (tertiary/aromatic N) is 1. The van der Waals surface area contributed by atoms with Gasteiger partial charge in [-0.1, -0.05) is 18.2 Å². The van der Waals surface area contributed by atoms with E-state index in [4.69, 9.17) is 9.84 Å². The Kier molecular flexibility index (Phi) is 7.15. The predicted octanol–water partition coefficient (Wildman–Crippen LogP) is 4.87. The number of aliphatic carboxylic acids is 1. The topological polar surface area (TPSA) is 95.9 Å². The third-order valence-corrected chi connectivity index (χ3v) is 5.64. The monoisotopic (exact) mass is 464 g/mol. The van der Waals surface area contributed by atoms with Crippen molar-refractivity contribution in [2.24, 2.45) is 0 Å². The molecule has 0 unspecified atom stereocenters. The predicted molar refractivity (Wildman–Crippen MR) is 133 cm³/mol. The molecule has 1 aliphatic rings. The number of carbonyl (C=O) groups is 3. The number of rotatable bonds is 5. The highest BCUT2D eigenvalue weighted by molar-refractivity contribution is 5.98. The highest BCUT2D eigenvalue weighted by Crippen LogP contribution is 2.35. The van der Waals surface area contributed by atoms with Crippen LogP contribution >= 0.6 is 0 Å². The lowest BCUT2D eigenvalue weighted by atomic mass is 9.93. The van der Waals surface area contributed by atoms with Gasteiger partial charge in [-0.3, -0.25) is 14.5 Å². The van der Waals surface area contributed by atoms with Crippen molar-refractivity contribution in [1.29, 1.82) is 0 Å². The second-order valence-electron chi connectivity index (χ2n) is 9.65. The first-order valence-electron chi connectivity index (χ1n) is 11.3. The summed E-state index contributed by atoms with van der Waals surface area (Å²) in [4.78, 5) is 37.0. The molecule has 3 rings (SSSR count). The Hall–Kier alpha value is -3.61. The van der Waals surface area contributed by atoms with Crippen LogP contribution < -0.4 is 10.2 Å². The number of aryl methyl sites for hydroxylation is 2. The van der Waals surface area contributed by atoms with E-state index in [2.05, 4.69) is 17.4 Å². The lowest BCUT2D eigenvalue weighted by Crippen LogP contribution is -2.35. The van der Waals surface area contributed by atoms with Crippen LogP contribution in [0.25, 0.3) is 17.2 Å². The fraction of sp³-hybridized carbons (Fsp3) is 0.370. The number of hydrogen-bond acceptors (Lipinski definition) is 4. The molecule has 0 bridgehead atoms. The average Bonchev–Trinajstić information content (AvgIpc) is 3.16.